The first-order valence-electron chi connectivity index (χ1n) is 7.41. The topological polar surface area (TPSA) is 49.9 Å². The second kappa shape index (κ2) is 5.22. The highest BCUT2D eigenvalue weighted by Crippen LogP contribution is 2.47. The third-order valence-electron chi connectivity index (χ3n) is 4.64. The minimum Gasteiger partial charge on any atom is -0.375 e. The molecule has 112 valence electrons. The van der Waals surface area contributed by atoms with Crippen LogP contribution >= 0.6 is 11.8 Å². The van der Waals surface area contributed by atoms with Gasteiger partial charge in [-0.15, -0.1) is 11.8 Å². The molecule has 6 heteroatoms. The fourth-order valence-corrected chi connectivity index (χ4v) is 4.80. The number of rotatable bonds is 2. The lowest BCUT2D eigenvalue weighted by Gasteiger charge is -2.37. The molecule has 5 nitrogen and oxygen atoms in total. The Kier molecular flexibility index (Phi) is 3.71. The second-order valence-corrected chi connectivity index (χ2v) is 7.45. The van der Waals surface area contributed by atoms with Crippen molar-refractivity contribution in [1.29, 1.82) is 0 Å². The molecule has 3 saturated heterocycles. The lowest BCUT2D eigenvalue weighted by Crippen LogP contribution is -2.55. The van der Waals surface area contributed by atoms with Gasteiger partial charge in [0.05, 0.1) is 17.6 Å². The van der Waals surface area contributed by atoms with Gasteiger partial charge in [0.25, 0.3) is 0 Å². The van der Waals surface area contributed by atoms with Crippen molar-refractivity contribution >= 4 is 23.6 Å². The highest BCUT2D eigenvalue weighted by Gasteiger charge is 2.53. The average molecular weight is 298 g/mol. The molecule has 0 radical (unpaired) electrons. The van der Waals surface area contributed by atoms with Crippen molar-refractivity contribution in [3.05, 3.63) is 0 Å². The van der Waals surface area contributed by atoms with Gasteiger partial charge < -0.3 is 14.5 Å². The van der Waals surface area contributed by atoms with Gasteiger partial charge in [-0.1, -0.05) is 6.92 Å². The zero-order valence-corrected chi connectivity index (χ0v) is 12.9. The standard InChI is InChI=1S/C14H22N2O3S/c1-3-10-8-15(6-7-19-10)13(18)11-9-20-14(2)5-4-12(17)16(11)14/h10-11H,3-9H2,1-2H3/t10-,11-,14+/m1/s1. The van der Waals surface area contributed by atoms with E-state index in [1.807, 2.05) is 9.80 Å². The van der Waals surface area contributed by atoms with Crippen LogP contribution in [0.3, 0.4) is 0 Å². The van der Waals surface area contributed by atoms with Gasteiger partial charge in [0.15, 0.2) is 0 Å². The van der Waals surface area contributed by atoms with Crippen LogP contribution in [-0.4, -0.2) is 64.1 Å². The Labute approximate surface area is 124 Å². The largest absolute Gasteiger partial charge is 0.375 e. The third kappa shape index (κ3) is 2.22. The Balaban J connectivity index is 1.73. The van der Waals surface area contributed by atoms with Gasteiger partial charge in [-0.05, 0) is 19.8 Å². The van der Waals surface area contributed by atoms with Crippen LogP contribution in [0.15, 0.2) is 0 Å². The number of fused-ring (bicyclic) bond motifs is 1. The molecule has 0 aromatic rings. The summed E-state index contributed by atoms with van der Waals surface area (Å²) in [6, 6.07) is -0.268. The van der Waals surface area contributed by atoms with E-state index < -0.39 is 0 Å². The van der Waals surface area contributed by atoms with Crippen LogP contribution in [0.2, 0.25) is 0 Å². The Morgan fingerprint density at radius 2 is 2.35 bits per heavy atom. The summed E-state index contributed by atoms with van der Waals surface area (Å²) in [7, 11) is 0. The maximum Gasteiger partial charge on any atom is 0.246 e. The van der Waals surface area contributed by atoms with E-state index in [1.165, 1.54) is 0 Å². The molecule has 0 aromatic carbocycles. The van der Waals surface area contributed by atoms with Crippen molar-refractivity contribution < 1.29 is 14.3 Å². The molecule has 0 unspecified atom stereocenters. The third-order valence-corrected chi connectivity index (χ3v) is 6.14. The quantitative estimate of drug-likeness (QED) is 0.765. The molecule has 3 fully saturated rings. The van der Waals surface area contributed by atoms with Crippen LogP contribution in [0.1, 0.15) is 33.1 Å². The van der Waals surface area contributed by atoms with Gasteiger partial charge in [-0.2, -0.15) is 0 Å². The molecule has 3 heterocycles. The first-order chi connectivity index (χ1) is 9.55. The molecular weight excluding hydrogens is 276 g/mol. The van der Waals surface area contributed by atoms with Crippen molar-refractivity contribution in [1.82, 2.24) is 9.80 Å². The molecule has 3 aliphatic heterocycles. The highest BCUT2D eigenvalue weighted by atomic mass is 32.2. The average Bonchev–Trinajstić information content (AvgIpc) is 2.95. The predicted molar refractivity (Wildman–Crippen MR) is 77.3 cm³/mol. The number of carbonyl (C=O) groups is 2. The lowest BCUT2D eigenvalue weighted by molar-refractivity contribution is -0.148. The maximum atomic E-state index is 12.8. The molecule has 0 saturated carbocycles. The van der Waals surface area contributed by atoms with Crippen LogP contribution in [0, 0.1) is 0 Å². The minimum atomic E-state index is -0.268. The van der Waals surface area contributed by atoms with E-state index >= 15 is 0 Å². The van der Waals surface area contributed by atoms with Gasteiger partial charge in [0.2, 0.25) is 11.8 Å². The number of hydrogen-bond acceptors (Lipinski definition) is 4. The maximum absolute atomic E-state index is 12.8. The van der Waals surface area contributed by atoms with Crippen molar-refractivity contribution in [3.8, 4) is 0 Å². The number of hydrogen-bond donors (Lipinski definition) is 0. The first-order valence-corrected chi connectivity index (χ1v) is 8.40. The fourth-order valence-electron chi connectivity index (χ4n) is 3.38. The first kappa shape index (κ1) is 14.2. The smallest absolute Gasteiger partial charge is 0.246 e. The summed E-state index contributed by atoms with van der Waals surface area (Å²) in [4.78, 5) is 28.4. The van der Waals surface area contributed by atoms with Gasteiger partial charge in [0, 0.05) is 25.3 Å². The summed E-state index contributed by atoms with van der Waals surface area (Å²) in [6.07, 6.45) is 2.50. The second-order valence-electron chi connectivity index (χ2n) is 5.95. The zero-order chi connectivity index (χ0) is 14.3. The number of carbonyl (C=O) groups excluding carboxylic acids is 2. The van der Waals surface area contributed by atoms with E-state index in [0.717, 1.165) is 18.6 Å². The fraction of sp³-hybridized carbons (Fsp3) is 0.857. The van der Waals surface area contributed by atoms with Crippen LogP contribution in [0.5, 0.6) is 0 Å². The summed E-state index contributed by atoms with van der Waals surface area (Å²) in [6.45, 7) is 6.08. The van der Waals surface area contributed by atoms with Gasteiger partial charge in [0.1, 0.15) is 6.04 Å². The predicted octanol–water partition coefficient (Wildman–Crippen LogP) is 1.08. The summed E-state index contributed by atoms with van der Waals surface area (Å²) in [5.74, 6) is 0.976. The zero-order valence-electron chi connectivity index (χ0n) is 12.1. The van der Waals surface area contributed by atoms with Crippen LogP contribution in [-0.2, 0) is 14.3 Å². The molecule has 3 aliphatic rings. The summed E-state index contributed by atoms with van der Waals surface area (Å²) >= 11 is 1.75. The summed E-state index contributed by atoms with van der Waals surface area (Å²) < 4.78 is 5.62. The number of thioether (sulfide) groups is 1. The summed E-state index contributed by atoms with van der Waals surface area (Å²) in [5, 5.41) is 0. The van der Waals surface area contributed by atoms with E-state index in [1.54, 1.807) is 11.8 Å². The normalized spacial score (nSPS) is 37.4. The molecule has 0 aromatic heterocycles. The van der Waals surface area contributed by atoms with E-state index in [9.17, 15) is 9.59 Å². The molecule has 0 aliphatic carbocycles. The van der Waals surface area contributed by atoms with Crippen molar-refractivity contribution in [2.75, 3.05) is 25.4 Å². The van der Waals surface area contributed by atoms with Crippen LogP contribution < -0.4 is 0 Å². The lowest BCUT2D eigenvalue weighted by atomic mass is 10.1. The van der Waals surface area contributed by atoms with Gasteiger partial charge in [-0.25, -0.2) is 0 Å². The molecule has 0 N–H and O–H groups in total. The number of nitrogens with zero attached hydrogens (tertiary/aromatic N) is 2. The Morgan fingerprint density at radius 1 is 1.55 bits per heavy atom. The van der Waals surface area contributed by atoms with Crippen molar-refractivity contribution in [2.45, 2.75) is 50.1 Å². The molecular formula is C14H22N2O3S. The molecule has 0 spiro atoms. The Morgan fingerprint density at radius 3 is 3.10 bits per heavy atom. The monoisotopic (exact) mass is 298 g/mol. The molecule has 20 heavy (non-hydrogen) atoms. The van der Waals surface area contributed by atoms with E-state index in [2.05, 4.69) is 13.8 Å². The van der Waals surface area contributed by atoms with E-state index in [-0.39, 0.29) is 28.8 Å². The molecule has 3 rings (SSSR count). The van der Waals surface area contributed by atoms with E-state index in [4.69, 9.17) is 4.74 Å². The number of amides is 2. The summed E-state index contributed by atoms with van der Waals surface area (Å²) in [5.41, 5.74) is 0. The van der Waals surface area contributed by atoms with Crippen LogP contribution in [0.25, 0.3) is 0 Å². The highest BCUT2D eigenvalue weighted by molar-refractivity contribution is 8.01. The van der Waals surface area contributed by atoms with Gasteiger partial charge >= 0.3 is 0 Å². The molecule has 0 bridgehead atoms. The Hall–Kier alpha value is -0.750. The minimum absolute atomic E-state index is 0.109. The van der Waals surface area contributed by atoms with Crippen molar-refractivity contribution in [3.63, 3.8) is 0 Å². The van der Waals surface area contributed by atoms with Crippen LogP contribution in [0.4, 0.5) is 0 Å². The number of ether oxygens (including phenoxy) is 1. The number of morpholine rings is 1. The van der Waals surface area contributed by atoms with E-state index in [0.29, 0.717) is 26.1 Å². The SMILES string of the molecule is CC[C@@H]1CN(C(=O)[C@H]2CS[C@@]3(C)CCC(=O)N23)CCO1. The van der Waals surface area contributed by atoms with Gasteiger partial charge in [-0.3, -0.25) is 9.59 Å². The molecule has 3 atom stereocenters. The molecule has 2 amide bonds. The Bertz CT molecular complexity index is 431. The van der Waals surface area contributed by atoms with Crippen molar-refractivity contribution in [2.24, 2.45) is 0 Å².